The van der Waals surface area contributed by atoms with Crippen molar-refractivity contribution in [2.45, 2.75) is 45.0 Å². The van der Waals surface area contributed by atoms with Crippen molar-refractivity contribution in [3.8, 4) is 0 Å². The van der Waals surface area contributed by atoms with Crippen molar-refractivity contribution < 1.29 is 9.59 Å². The van der Waals surface area contributed by atoms with E-state index in [0.717, 1.165) is 18.4 Å². The predicted molar refractivity (Wildman–Crippen MR) is 132 cm³/mol. The molecule has 2 aromatic rings. The van der Waals surface area contributed by atoms with Crippen molar-refractivity contribution in [1.82, 2.24) is 10.2 Å². The van der Waals surface area contributed by atoms with Crippen molar-refractivity contribution in [3.05, 3.63) is 68.7 Å². The highest BCUT2D eigenvalue weighted by Crippen LogP contribution is 2.27. The van der Waals surface area contributed by atoms with E-state index in [9.17, 15) is 9.59 Å². The maximum Gasteiger partial charge on any atom is 0.242 e. The summed E-state index contributed by atoms with van der Waals surface area (Å²) < 4.78 is 0. The van der Waals surface area contributed by atoms with Gasteiger partial charge in [-0.3, -0.25) is 9.59 Å². The van der Waals surface area contributed by atoms with Gasteiger partial charge in [-0.1, -0.05) is 66.3 Å². The van der Waals surface area contributed by atoms with Crippen LogP contribution in [0, 0.1) is 0 Å². The second-order valence-electron chi connectivity index (χ2n) is 7.16. The van der Waals surface area contributed by atoms with Gasteiger partial charge in [-0.05, 0) is 43.2 Å². The number of hydrogen-bond donors (Lipinski definition) is 1. The zero-order chi connectivity index (χ0) is 22.8. The molecule has 168 valence electrons. The largest absolute Gasteiger partial charge is 0.354 e. The molecule has 0 radical (unpaired) electrons. The van der Waals surface area contributed by atoms with Crippen molar-refractivity contribution in [3.63, 3.8) is 0 Å². The molecule has 0 aliphatic rings. The number of nitrogens with one attached hydrogen (secondary N) is 1. The Balaban J connectivity index is 2.10. The summed E-state index contributed by atoms with van der Waals surface area (Å²) in [5.41, 5.74) is 1.71. The molecule has 2 rings (SSSR count). The van der Waals surface area contributed by atoms with E-state index in [1.54, 1.807) is 30.0 Å². The fraction of sp³-hybridized carbons (Fsp3) is 0.391. The molecule has 1 N–H and O–H groups in total. The summed E-state index contributed by atoms with van der Waals surface area (Å²) in [6.45, 7) is 4.54. The van der Waals surface area contributed by atoms with Gasteiger partial charge in [-0.15, -0.1) is 11.8 Å². The fourth-order valence-corrected chi connectivity index (χ4v) is 4.41. The second kappa shape index (κ2) is 13.2. The van der Waals surface area contributed by atoms with E-state index in [1.807, 2.05) is 24.3 Å². The van der Waals surface area contributed by atoms with Crippen molar-refractivity contribution in [2.24, 2.45) is 0 Å². The summed E-state index contributed by atoms with van der Waals surface area (Å²) in [4.78, 5) is 27.3. The van der Waals surface area contributed by atoms with Crippen LogP contribution < -0.4 is 5.32 Å². The summed E-state index contributed by atoms with van der Waals surface area (Å²) in [5, 5.41) is 4.52. The van der Waals surface area contributed by atoms with Crippen molar-refractivity contribution in [2.75, 3.05) is 12.3 Å². The quantitative estimate of drug-likeness (QED) is 0.372. The summed E-state index contributed by atoms with van der Waals surface area (Å²) in [6, 6.07) is 12.1. The van der Waals surface area contributed by atoms with Gasteiger partial charge in [0, 0.05) is 39.5 Å². The van der Waals surface area contributed by atoms with E-state index in [2.05, 4.69) is 12.2 Å². The van der Waals surface area contributed by atoms with E-state index in [-0.39, 0.29) is 24.1 Å². The van der Waals surface area contributed by atoms with Gasteiger partial charge >= 0.3 is 0 Å². The number of hydrogen-bond acceptors (Lipinski definition) is 3. The van der Waals surface area contributed by atoms with E-state index >= 15 is 0 Å². The van der Waals surface area contributed by atoms with Crippen molar-refractivity contribution in [1.29, 1.82) is 0 Å². The van der Waals surface area contributed by atoms with Gasteiger partial charge in [0.25, 0.3) is 0 Å². The topological polar surface area (TPSA) is 49.4 Å². The maximum absolute atomic E-state index is 13.1. The number of amides is 2. The fourth-order valence-electron chi connectivity index (χ4n) is 2.89. The monoisotopic (exact) mass is 500 g/mol. The zero-order valence-corrected chi connectivity index (χ0v) is 20.8. The molecule has 0 bridgehead atoms. The third-order valence-electron chi connectivity index (χ3n) is 4.79. The Kier molecular flexibility index (Phi) is 11.0. The molecule has 0 spiro atoms. The molecule has 8 heteroatoms. The van der Waals surface area contributed by atoms with Crippen LogP contribution in [0.25, 0.3) is 0 Å². The molecule has 0 saturated heterocycles. The summed E-state index contributed by atoms with van der Waals surface area (Å²) in [5.74, 6) is 0.568. The highest BCUT2D eigenvalue weighted by atomic mass is 35.5. The van der Waals surface area contributed by atoms with E-state index < -0.39 is 6.04 Å². The number of rotatable bonds is 11. The normalized spacial score (nSPS) is 11.8. The Labute approximate surface area is 203 Å². The van der Waals surface area contributed by atoms with E-state index in [1.165, 1.54) is 11.8 Å². The van der Waals surface area contributed by atoms with Crippen LogP contribution >= 0.6 is 46.6 Å². The van der Waals surface area contributed by atoms with Crippen LogP contribution in [0.4, 0.5) is 0 Å². The lowest BCUT2D eigenvalue weighted by atomic mass is 10.1. The van der Waals surface area contributed by atoms with Gasteiger partial charge in [0.15, 0.2) is 0 Å². The lowest BCUT2D eigenvalue weighted by Crippen LogP contribution is -2.48. The Bertz CT molecular complexity index is 857. The van der Waals surface area contributed by atoms with Gasteiger partial charge in [0.1, 0.15) is 6.04 Å². The smallest absolute Gasteiger partial charge is 0.242 e. The SMILES string of the molecule is CCCCNC(=O)[C@@H](C)N(Cc1c(Cl)cccc1Cl)C(=O)CSCc1ccc(Cl)cc1. The summed E-state index contributed by atoms with van der Waals surface area (Å²) in [6.07, 6.45) is 1.87. The molecule has 1 atom stereocenters. The Hall–Kier alpha value is -1.40. The highest BCUT2D eigenvalue weighted by Gasteiger charge is 2.27. The first kappa shape index (κ1) is 25.9. The maximum atomic E-state index is 13.1. The molecular formula is C23H27Cl3N2O2S. The molecule has 0 saturated carbocycles. The van der Waals surface area contributed by atoms with Crippen LogP contribution in [0.5, 0.6) is 0 Å². The van der Waals surface area contributed by atoms with Crippen LogP contribution in [0.1, 0.15) is 37.8 Å². The van der Waals surface area contributed by atoms with E-state index in [0.29, 0.717) is 32.9 Å². The third-order valence-corrected chi connectivity index (χ3v) is 6.74. The minimum atomic E-state index is -0.646. The van der Waals surface area contributed by atoms with Gasteiger partial charge in [0.2, 0.25) is 11.8 Å². The molecule has 0 heterocycles. The van der Waals surface area contributed by atoms with Gasteiger partial charge in [0.05, 0.1) is 5.75 Å². The molecule has 0 aliphatic carbocycles. The first-order chi connectivity index (χ1) is 14.8. The molecule has 0 unspecified atom stereocenters. The average Bonchev–Trinajstić information content (AvgIpc) is 2.74. The molecule has 2 amide bonds. The number of unbranched alkanes of at least 4 members (excludes halogenated alkanes) is 1. The lowest BCUT2D eigenvalue weighted by molar-refractivity contribution is -0.138. The average molecular weight is 502 g/mol. The number of benzene rings is 2. The zero-order valence-electron chi connectivity index (χ0n) is 17.7. The number of carbonyl (C=O) groups is 2. The van der Waals surface area contributed by atoms with Crippen LogP contribution in [0.3, 0.4) is 0 Å². The molecule has 0 aromatic heterocycles. The first-order valence-electron chi connectivity index (χ1n) is 10.2. The Morgan fingerprint density at radius 3 is 2.32 bits per heavy atom. The summed E-state index contributed by atoms with van der Waals surface area (Å²) in [7, 11) is 0. The van der Waals surface area contributed by atoms with Crippen LogP contribution in [0.15, 0.2) is 42.5 Å². The standard InChI is InChI=1S/C23H27Cl3N2O2S/c1-3-4-12-27-23(30)16(2)28(13-19-20(25)6-5-7-21(19)26)22(29)15-31-14-17-8-10-18(24)11-9-17/h5-11,16H,3-4,12-15H2,1-2H3,(H,27,30)/t16-/m1/s1. The van der Waals surface area contributed by atoms with Crippen LogP contribution in [-0.2, 0) is 21.9 Å². The molecule has 4 nitrogen and oxygen atoms in total. The highest BCUT2D eigenvalue weighted by molar-refractivity contribution is 7.99. The van der Waals surface area contributed by atoms with Gasteiger partial charge < -0.3 is 10.2 Å². The number of nitrogens with zero attached hydrogens (tertiary/aromatic N) is 1. The number of halogens is 3. The second-order valence-corrected chi connectivity index (χ2v) is 9.40. The first-order valence-corrected chi connectivity index (χ1v) is 12.4. The molecular weight excluding hydrogens is 475 g/mol. The molecule has 0 aliphatic heterocycles. The van der Waals surface area contributed by atoms with Crippen molar-refractivity contribution >= 4 is 58.4 Å². The molecule has 2 aromatic carbocycles. The predicted octanol–water partition coefficient (Wildman–Crippen LogP) is 6.21. The van der Waals surface area contributed by atoms with Crippen LogP contribution in [-0.4, -0.2) is 35.1 Å². The Morgan fingerprint density at radius 2 is 1.71 bits per heavy atom. The number of carbonyl (C=O) groups excluding carboxylic acids is 2. The van der Waals surface area contributed by atoms with E-state index in [4.69, 9.17) is 34.8 Å². The molecule has 0 fully saturated rings. The third kappa shape index (κ3) is 8.23. The number of thioether (sulfide) groups is 1. The Morgan fingerprint density at radius 1 is 1.06 bits per heavy atom. The van der Waals surface area contributed by atoms with Gasteiger partial charge in [-0.25, -0.2) is 0 Å². The molecule has 31 heavy (non-hydrogen) atoms. The minimum Gasteiger partial charge on any atom is -0.354 e. The van der Waals surface area contributed by atoms with Crippen LogP contribution in [0.2, 0.25) is 15.1 Å². The minimum absolute atomic E-state index is 0.145. The summed E-state index contributed by atoms with van der Waals surface area (Å²) >= 11 is 20.1. The van der Waals surface area contributed by atoms with Gasteiger partial charge in [-0.2, -0.15) is 0 Å². The lowest BCUT2D eigenvalue weighted by Gasteiger charge is -2.29.